The number of carbonyl (C=O) groups is 2. The molecule has 3 aliphatic rings. The average Bonchev–Trinajstić information content (AvgIpc) is 2.62. The Balaban J connectivity index is 1.81. The second-order valence-electron chi connectivity index (χ2n) is 14.0. The maximum atomic E-state index is 13.7. The first-order chi connectivity index (χ1) is 15.8. The smallest absolute Gasteiger partial charge is 0.328 e. The van der Waals surface area contributed by atoms with Crippen LogP contribution in [0.15, 0.2) is 0 Å². The molecule has 0 spiro atoms. The molecule has 3 saturated heterocycles. The third-order valence-corrected chi connectivity index (χ3v) is 7.17. The Hall–Kier alpha value is -1.22. The van der Waals surface area contributed by atoms with Gasteiger partial charge in [0.2, 0.25) is 5.41 Å². The van der Waals surface area contributed by atoms with E-state index in [0.717, 1.165) is 0 Å². The number of hydrogen-bond acceptors (Lipinski definition) is 8. The molecule has 3 heterocycles. The van der Waals surface area contributed by atoms with E-state index in [2.05, 4.69) is 66.0 Å². The Bertz CT molecular complexity index is 709. The third-order valence-electron chi connectivity index (χ3n) is 7.17. The minimum atomic E-state index is -1.64. The first-order valence-corrected chi connectivity index (χ1v) is 13.1. The van der Waals surface area contributed by atoms with Crippen molar-refractivity contribution in [3.63, 3.8) is 0 Å². The molecular formula is C27H48N2O6. The van der Waals surface area contributed by atoms with Gasteiger partial charge in [0, 0.05) is 53.8 Å². The highest BCUT2D eigenvalue weighted by Gasteiger charge is 2.56. The van der Waals surface area contributed by atoms with Crippen molar-refractivity contribution in [1.82, 2.24) is 10.6 Å². The maximum Gasteiger partial charge on any atom is 0.328 e. The van der Waals surface area contributed by atoms with Crippen molar-refractivity contribution in [3.05, 3.63) is 0 Å². The molecule has 0 aromatic rings. The van der Waals surface area contributed by atoms with Crippen LogP contribution in [0.5, 0.6) is 0 Å². The molecule has 0 bridgehead atoms. The van der Waals surface area contributed by atoms with Crippen LogP contribution in [0.3, 0.4) is 0 Å². The molecule has 0 aliphatic carbocycles. The van der Waals surface area contributed by atoms with Crippen molar-refractivity contribution in [3.8, 4) is 0 Å². The van der Waals surface area contributed by atoms with Gasteiger partial charge in [0.15, 0.2) is 6.29 Å². The second kappa shape index (κ2) is 9.58. The molecule has 0 unspecified atom stereocenters. The number of esters is 2. The van der Waals surface area contributed by atoms with Crippen molar-refractivity contribution in [2.45, 2.75) is 136 Å². The molecule has 8 heteroatoms. The van der Waals surface area contributed by atoms with E-state index in [1.807, 2.05) is 13.8 Å². The van der Waals surface area contributed by atoms with E-state index >= 15 is 0 Å². The number of hydrogen-bond donors (Lipinski definition) is 2. The van der Waals surface area contributed by atoms with Gasteiger partial charge in [-0.2, -0.15) is 0 Å². The van der Waals surface area contributed by atoms with Crippen LogP contribution in [-0.2, 0) is 28.5 Å². The summed E-state index contributed by atoms with van der Waals surface area (Å²) in [4.78, 5) is 27.4. The lowest BCUT2D eigenvalue weighted by Gasteiger charge is -2.47. The molecule has 3 aliphatic heterocycles. The summed E-state index contributed by atoms with van der Waals surface area (Å²) in [5.74, 6) is -1.14. The van der Waals surface area contributed by atoms with E-state index in [1.54, 1.807) is 0 Å². The van der Waals surface area contributed by atoms with Crippen LogP contribution >= 0.6 is 0 Å². The molecule has 0 saturated carbocycles. The van der Waals surface area contributed by atoms with E-state index in [-0.39, 0.29) is 53.5 Å². The van der Waals surface area contributed by atoms with E-state index in [4.69, 9.17) is 18.9 Å². The normalized spacial score (nSPS) is 28.4. The van der Waals surface area contributed by atoms with Gasteiger partial charge in [-0.1, -0.05) is 13.8 Å². The van der Waals surface area contributed by atoms with Crippen LogP contribution in [0, 0.1) is 11.3 Å². The molecule has 0 atom stereocenters. The van der Waals surface area contributed by atoms with Gasteiger partial charge in [-0.25, -0.2) is 0 Å². The van der Waals surface area contributed by atoms with Crippen LogP contribution in [0.1, 0.15) is 94.9 Å². The lowest BCUT2D eigenvalue weighted by Crippen LogP contribution is -2.62. The molecule has 0 amide bonds. The maximum absolute atomic E-state index is 13.7. The molecule has 3 fully saturated rings. The largest absolute Gasteiger partial charge is 0.461 e. The molecule has 3 rings (SSSR count). The predicted molar refractivity (Wildman–Crippen MR) is 134 cm³/mol. The van der Waals surface area contributed by atoms with E-state index in [0.29, 0.717) is 25.7 Å². The molecule has 8 nitrogen and oxygen atoms in total. The quantitative estimate of drug-likeness (QED) is 0.439. The van der Waals surface area contributed by atoms with E-state index in [1.165, 1.54) is 0 Å². The van der Waals surface area contributed by atoms with E-state index in [9.17, 15) is 9.59 Å². The van der Waals surface area contributed by atoms with Crippen molar-refractivity contribution >= 4 is 11.9 Å². The molecule has 2 N–H and O–H groups in total. The van der Waals surface area contributed by atoms with Gasteiger partial charge in [-0.15, -0.1) is 0 Å². The topological polar surface area (TPSA) is 95.1 Å². The van der Waals surface area contributed by atoms with Gasteiger partial charge >= 0.3 is 11.9 Å². The summed E-state index contributed by atoms with van der Waals surface area (Å²) < 4.78 is 23.9. The van der Waals surface area contributed by atoms with Gasteiger partial charge in [-0.3, -0.25) is 9.59 Å². The zero-order valence-corrected chi connectivity index (χ0v) is 23.5. The summed E-state index contributed by atoms with van der Waals surface area (Å²) >= 11 is 0. The lowest BCUT2D eigenvalue weighted by molar-refractivity contribution is -0.255. The van der Waals surface area contributed by atoms with Crippen molar-refractivity contribution in [1.29, 1.82) is 0 Å². The van der Waals surface area contributed by atoms with Crippen LogP contribution in [-0.4, -0.2) is 65.8 Å². The number of piperidine rings is 2. The molecule has 35 heavy (non-hydrogen) atoms. The summed E-state index contributed by atoms with van der Waals surface area (Å²) in [5.41, 5.74) is -2.43. The average molecular weight is 497 g/mol. The standard InChI is InChI=1S/C27H48N2O6/c1-17(2)20-32-15-27(16-33-20,21(30)34-18-11-23(3,4)28-24(5,6)12-18)22(31)35-19-13-25(7,8)29-26(9,10)14-19/h17-20,28-29H,11-16H2,1-10H3. The van der Waals surface area contributed by atoms with Crippen LogP contribution in [0.2, 0.25) is 0 Å². The Morgan fingerprint density at radius 1 is 0.686 bits per heavy atom. The van der Waals surface area contributed by atoms with Crippen molar-refractivity contribution in [2.75, 3.05) is 13.2 Å². The number of carbonyl (C=O) groups excluding carboxylic acids is 2. The van der Waals surface area contributed by atoms with Gasteiger partial charge in [0.1, 0.15) is 12.2 Å². The Morgan fingerprint density at radius 2 is 1.00 bits per heavy atom. The summed E-state index contributed by atoms with van der Waals surface area (Å²) in [7, 11) is 0. The molecular weight excluding hydrogens is 448 g/mol. The van der Waals surface area contributed by atoms with Crippen LogP contribution in [0.25, 0.3) is 0 Å². The summed E-state index contributed by atoms with van der Waals surface area (Å²) in [6, 6.07) is 0. The van der Waals surface area contributed by atoms with Crippen LogP contribution in [0.4, 0.5) is 0 Å². The van der Waals surface area contributed by atoms with Crippen molar-refractivity contribution < 1.29 is 28.5 Å². The summed E-state index contributed by atoms with van der Waals surface area (Å²) in [5, 5.41) is 7.19. The zero-order valence-electron chi connectivity index (χ0n) is 23.5. The minimum absolute atomic E-state index is 0.0945. The zero-order chi connectivity index (χ0) is 26.4. The van der Waals surface area contributed by atoms with Gasteiger partial charge in [0.25, 0.3) is 0 Å². The van der Waals surface area contributed by atoms with Gasteiger partial charge in [-0.05, 0) is 55.4 Å². The summed E-state index contributed by atoms with van der Waals surface area (Å²) in [6.07, 6.45) is 1.49. The molecule has 202 valence electrons. The minimum Gasteiger partial charge on any atom is -0.461 e. The van der Waals surface area contributed by atoms with Crippen LogP contribution < -0.4 is 10.6 Å². The lowest BCUT2D eigenvalue weighted by atomic mass is 9.80. The first kappa shape index (κ1) is 28.4. The molecule has 0 aromatic heterocycles. The number of ether oxygens (including phenoxy) is 4. The predicted octanol–water partition coefficient (Wildman–Crippen LogP) is 3.71. The monoisotopic (exact) mass is 496 g/mol. The Kier molecular flexibility index (Phi) is 7.76. The summed E-state index contributed by atoms with van der Waals surface area (Å²) in [6.45, 7) is 20.5. The Labute approximate surface area is 211 Å². The van der Waals surface area contributed by atoms with E-state index < -0.39 is 23.6 Å². The molecule has 0 radical (unpaired) electrons. The van der Waals surface area contributed by atoms with Crippen molar-refractivity contribution in [2.24, 2.45) is 11.3 Å². The number of nitrogens with one attached hydrogen (secondary N) is 2. The highest BCUT2D eigenvalue weighted by atomic mass is 16.7. The number of rotatable bonds is 5. The van der Waals surface area contributed by atoms with Gasteiger partial charge < -0.3 is 29.6 Å². The molecule has 0 aromatic carbocycles. The first-order valence-electron chi connectivity index (χ1n) is 13.1. The second-order valence-corrected chi connectivity index (χ2v) is 14.0. The highest BCUT2D eigenvalue weighted by Crippen LogP contribution is 2.37. The SMILES string of the molecule is CC(C)C1OCC(C(=O)OC2CC(C)(C)NC(C)(C)C2)(C(=O)OC2CC(C)(C)NC(C)(C)C2)CO1. The third kappa shape index (κ3) is 6.96. The Morgan fingerprint density at radius 3 is 1.29 bits per heavy atom. The fourth-order valence-corrected chi connectivity index (χ4v) is 6.39. The highest BCUT2D eigenvalue weighted by molar-refractivity contribution is 6.00. The fraction of sp³-hybridized carbons (Fsp3) is 0.926. The van der Waals surface area contributed by atoms with Gasteiger partial charge in [0.05, 0.1) is 13.2 Å². The fourth-order valence-electron chi connectivity index (χ4n) is 6.39.